The molecule has 2 unspecified atom stereocenters. The summed E-state index contributed by atoms with van der Waals surface area (Å²) in [6.07, 6.45) is 6.44. The summed E-state index contributed by atoms with van der Waals surface area (Å²) in [6, 6.07) is 0. The normalized spacial score (nSPS) is 32.3. The highest BCUT2D eigenvalue weighted by atomic mass is 16.5. The summed E-state index contributed by atoms with van der Waals surface area (Å²) in [6.45, 7) is 3.66. The first kappa shape index (κ1) is 11.9. The van der Waals surface area contributed by atoms with Gasteiger partial charge < -0.3 is 9.47 Å². The van der Waals surface area contributed by atoms with Crippen LogP contribution in [-0.4, -0.2) is 25.3 Å². The number of carbonyl (C=O) groups is 1. The lowest BCUT2D eigenvalue weighted by molar-refractivity contribution is -0.159. The second-order valence-electron chi connectivity index (χ2n) is 5.22. The van der Waals surface area contributed by atoms with Crippen molar-refractivity contribution < 1.29 is 14.3 Å². The standard InChI is InChI=1S/C13H22O3/c1-10-3-2-4-12(9-10)16-13(14)11-5-7-15-8-6-11/h10-12H,2-9H2,1H3. The average molecular weight is 226 g/mol. The highest BCUT2D eigenvalue weighted by Crippen LogP contribution is 2.27. The first-order chi connectivity index (χ1) is 7.75. The molecule has 3 heteroatoms. The lowest BCUT2D eigenvalue weighted by Crippen LogP contribution is -2.31. The van der Waals surface area contributed by atoms with Crippen LogP contribution in [0.3, 0.4) is 0 Å². The summed E-state index contributed by atoms with van der Waals surface area (Å²) in [5, 5.41) is 0. The molecule has 0 aromatic heterocycles. The van der Waals surface area contributed by atoms with Crippen molar-refractivity contribution in [3.63, 3.8) is 0 Å². The van der Waals surface area contributed by atoms with Crippen LogP contribution in [0.25, 0.3) is 0 Å². The fourth-order valence-electron chi connectivity index (χ4n) is 2.68. The Bertz CT molecular complexity index is 233. The van der Waals surface area contributed by atoms with E-state index in [1.807, 2.05) is 0 Å². The molecular formula is C13H22O3. The van der Waals surface area contributed by atoms with Crippen LogP contribution in [0, 0.1) is 11.8 Å². The minimum atomic E-state index is 0.0161. The largest absolute Gasteiger partial charge is 0.462 e. The molecule has 1 saturated heterocycles. The zero-order chi connectivity index (χ0) is 11.4. The Morgan fingerprint density at radius 2 is 1.94 bits per heavy atom. The van der Waals surface area contributed by atoms with Crippen molar-refractivity contribution in [2.75, 3.05) is 13.2 Å². The Kier molecular flexibility index (Phi) is 4.22. The van der Waals surface area contributed by atoms with Crippen molar-refractivity contribution in [1.82, 2.24) is 0 Å². The molecule has 16 heavy (non-hydrogen) atoms. The van der Waals surface area contributed by atoms with Gasteiger partial charge in [0.15, 0.2) is 0 Å². The molecule has 2 fully saturated rings. The van der Waals surface area contributed by atoms with Gasteiger partial charge in [-0.2, -0.15) is 0 Å². The fraction of sp³-hybridized carbons (Fsp3) is 0.923. The molecule has 0 amide bonds. The van der Waals surface area contributed by atoms with Crippen LogP contribution < -0.4 is 0 Å². The van der Waals surface area contributed by atoms with E-state index < -0.39 is 0 Å². The van der Waals surface area contributed by atoms with E-state index in [0.717, 1.165) is 25.7 Å². The van der Waals surface area contributed by atoms with Gasteiger partial charge in [0.25, 0.3) is 0 Å². The van der Waals surface area contributed by atoms with Crippen molar-refractivity contribution in [1.29, 1.82) is 0 Å². The smallest absolute Gasteiger partial charge is 0.309 e. The second kappa shape index (κ2) is 5.67. The van der Waals surface area contributed by atoms with E-state index in [0.29, 0.717) is 19.1 Å². The maximum absolute atomic E-state index is 11.9. The number of rotatable bonds is 2. The van der Waals surface area contributed by atoms with Gasteiger partial charge in [0.05, 0.1) is 5.92 Å². The number of ether oxygens (including phenoxy) is 2. The van der Waals surface area contributed by atoms with Gasteiger partial charge in [-0.05, 0) is 38.0 Å². The summed E-state index contributed by atoms with van der Waals surface area (Å²) in [5.74, 6) is 0.814. The third kappa shape index (κ3) is 3.21. The second-order valence-corrected chi connectivity index (χ2v) is 5.22. The zero-order valence-corrected chi connectivity index (χ0v) is 10.1. The van der Waals surface area contributed by atoms with E-state index >= 15 is 0 Å². The fourth-order valence-corrected chi connectivity index (χ4v) is 2.68. The molecule has 0 aromatic carbocycles. The van der Waals surface area contributed by atoms with Gasteiger partial charge >= 0.3 is 5.97 Å². The summed E-state index contributed by atoms with van der Waals surface area (Å²) in [7, 11) is 0. The molecular weight excluding hydrogens is 204 g/mol. The first-order valence-corrected chi connectivity index (χ1v) is 6.54. The maximum atomic E-state index is 11.9. The highest BCUT2D eigenvalue weighted by Gasteiger charge is 2.27. The minimum absolute atomic E-state index is 0.0161. The van der Waals surface area contributed by atoms with Crippen LogP contribution in [-0.2, 0) is 14.3 Å². The summed E-state index contributed by atoms with van der Waals surface area (Å²) in [4.78, 5) is 11.9. The molecule has 1 heterocycles. The van der Waals surface area contributed by atoms with Crippen molar-refractivity contribution in [3.05, 3.63) is 0 Å². The van der Waals surface area contributed by atoms with Gasteiger partial charge in [-0.15, -0.1) is 0 Å². The van der Waals surface area contributed by atoms with E-state index in [1.54, 1.807) is 0 Å². The molecule has 3 nitrogen and oxygen atoms in total. The molecule has 1 aliphatic heterocycles. The third-order valence-corrected chi connectivity index (χ3v) is 3.73. The zero-order valence-electron chi connectivity index (χ0n) is 10.1. The quantitative estimate of drug-likeness (QED) is 0.679. The Morgan fingerprint density at radius 1 is 1.19 bits per heavy atom. The van der Waals surface area contributed by atoms with E-state index in [4.69, 9.17) is 9.47 Å². The minimum Gasteiger partial charge on any atom is -0.462 e. The van der Waals surface area contributed by atoms with Crippen LogP contribution in [0.5, 0.6) is 0 Å². The Labute approximate surface area is 97.5 Å². The Morgan fingerprint density at radius 3 is 2.62 bits per heavy atom. The third-order valence-electron chi connectivity index (χ3n) is 3.73. The topological polar surface area (TPSA) is 35.5 Å². The maximum Gasteiger partial charge on any atom is 0.309 e. The molecule has 1 saturated carbocycles. The highest BCUT2D eigenvalue weighted by molar-refractivity contribution is 5.72. The van der Waals surface area contributed by atoms with Gasteiger partial charge in [0, 0.05) is 13.2 Å². The molecule has 2 rings (SSSR count). The molecule has 92 valence electrons. The summed E-state index contributed by atoms with van der Waals surface area (Å²) >= 11 is 0. The van der Waals surface area contributed by atoms with Crippen LogP contribution >= 0.6 is 0 Å². The molecule has 0 radical (unpaired) electrons. The van der Waals surface area contributed by atoms with E-state index in [2.05, 4.69) is 6.92 Å². The number of hydrogen-bond acceptors (Lipinski definition) is 3. The number of hydrogen-bond donors (Lipinski definition) is 0. The summed E-state index contributed by atoms with van der Waals surface area (Å²) in [5.41, 5.74) is 0. The van der Waals surface area contributed by atoms with E-state index in [-0.39, 0.29) is 18.0 Å². The predicted molar refractivity (Wildman–Crippen MR) is 61.1 cm³/mol. The van der Waals surface area contributed by atoms with Gasteiger partial charge in [-0.1, -0.05) is 13.3 Å². The van der Waals surface area contributed by atoms with Gasteiger partial charge in [-0.25, -0.2) is 0 Å². The van der Waals surface area contributed by atoms with Crippen LogP contribution in [0.2, 0.25) is 0 Å². The first-order valence-electron chi connectivity index (χ1n) is 6.54. The number of carbonyl (C=O) groups excluding carboxylic acids is 1. The molecule has 0 aromatic rings. The van der Waals surface area contributed by atoms with E-state index in [9.17, 15) is 4.79 Å². The molecule has 2 atom stereocenters. The Hall–Kier alpha value is -0.570. The van der Waals surface area contributed by atoms with Crippen molar-refractivity contribution in [3.8, 4) is 0 Å². The summed E-state index contributed by atoms with van der Waals surface area (Å²) < 4.78 is 10.9. The van der Waals surface area contributed by atoms with Crippen LogP contribution in [0.4, 0.5) is 0 Å². The monoisotopic (exact) mass is 226 g/mol. The van der Waals surface area contributed by atoms with Gasteiger partial charge in [0.1, 0.15) is 6.10 Å². The van der Waals surface area contributed by atoms with Crippen LogP contribution in [0.1, 0.15) is 45.4 Å². The van der Waals surface area contributed by atoms with Gasteiger partial charge in [-0.3, -0.25) is 4.79 Å². The molecule has 1 aliphatic carbocycles. The molecule has 2 aliphatic rings. The molecule has 0 bridgehead atoms. The van der Waals surface area contributed by atoms with Crippen molar-refractivity contribution in [2.45, 2.75) is 51.6 Å². The molecule has 0 N–H and O–H groups in total. The lowest BCUT2D eigenvalue weighted by Gasteiger charge is -2.29. The number of esters is 1. The predicted octanol–water partition coefficient (Wildman–Crippen LogP) is 2.53. The van der Waals surface area contributed by atoms with Crippen LogP contribution in [0.15, 0.2) is 0 Å². The SMILES string of the molecule is CC1CCCC(OC(=O)C2CCOCC2)C1. The van der Waals surface area contributed by atoms with Crippen molar-refractivity contribution >= 4 is 5.97 Å². The average Bonchev–Trinajstić information content (AvgIpc) is 2.30. The molecule has 0 spiro atoms. The van der Waals surface area contributed by atoms with E-state index in [1.165, 1.54) is 12.8 Å². The lowest BCUT2D eigenvalue weighted by atomic mass is 9.88. The Balaban J connectivity index is 1.77. The van der Waals surface area contributed by atoms with Gasteiger partial charge in [0.2, 0.25) is 0 Å². The van der Waals surface area contributed by atoms with Crippen molar-refractivity contribution in [2.24, 2.45) is 11.8 Å².